The van der Waals surface area contributed by atoms with Crippen LogP contribution < -0.4 is 13.9 Å². The molecule has 1 aliphatic heterocycles. The predicted octanol–water partition coefficient (Wildman–Crippen LogP) is 3.69. The Morgan fingerprint density at radius 1 is 0.943 bits per heavy atom. The molecule has 1 aliphatic rings. The number of hydrogen-bond acceptors (Lipinski definition) is 5. The van der Waals surface area contributed by atoms with Gasteiger partial charge in [-0.3, -0.25) is 9.10 Å². The van der Waals surface area contributed by atoms with Crippen molar-refractivity contribution in [1.29, 1.82) is 0 Å². The summed E-state index contributed by atoms with van der Waals surface area (Å²) in [6.45, 7) is 3.65. The number of carbonyl (C=O) groups is 1. The van der Waals surface area contributed by atoms with Crippen LogP contribution in [0.4, 0.5) is 15.8 Å². The zero-order valence-corrected chi connectivity index (χ0v) is 20.5. The highest BCUT2D eigenvalue weighted by molar-refractivity contribution is 7.92. The van der Waals surface area contributed by atoms with Gasteiger partial charge in [-0.15, -0.1) is 0 Å². The lowest BCUT2D eigenvalue weighted by atomic mass is 10.2. The Morgan fingerprint density at radius 3 is 2.20 bits per heavy atom. The monoisotopic (exact) mass is 497 g/mol. The van der Waals surface area contributed by atoms with Gasteiger partial charge >= 0.3 is 0 Å². The molecule has 0 N–H and O–H groups in total. The van der Waals surface area contributed by atoms with E-state index in [1.807, 2.05) is 31.2 Å². The summed E-state index contributed by atoms with van der Waals surface area (Å²) in [5.41, 5.74) is 2.30. The number of halogens is 1. The molecule has 7 nitrogen and oxygen atoms in total. The Morgan fingerprint density at radius 2 is 1.57 bits per heavy atom. The highest BCUT2D eigenvalue weighted by Crippen LogP contribution is 2.29. The zero-order valence-electron chi connectivity index (χ0n) is 19.7. The Hall–Kier alpha value is -3.59. The van der Waals surface area contributed by atoms with Crippen LogP contribution in [0, 0.1) is 12.7 Å². The Kier molecular flexibility index (Phi) is 7.25. The minimum Gasteiger partial charge on any atom is -0.495 e. The lowest BCUT2D eigenvalue weighted by molar-refractivity contribution is -0.129. The Balaban J connectivity index is 1.53. The van der Waals surface area contributed by atoms with Crippen molar-refractivity contribution in [3.63, 3.8) is 0 Å². The number of aryl methyl sites for hydroxylation is 1. The van der Waals surface area contributed by atoms with Gasteiger partial charge in [-0.1, -0.05) is 29.8 Å². The van der Waals surface area contributed by atoms with Crippen molar-refractivity contribution in [1.82, 2.24) is 4.90 Å². The molecular weight excluding hydrogens is 469 g/mol. The molecule has 4 rings (SSSR count). The number of amides is 1. The van der Waals surface area contributed by atoms with E-state index in [0.717, 1.165) is 33.4 Å². The van der Waals surface area contributed by atoms with Crippen LogP contribution in [0.1, 0.15) is 5.56 Å². The number of methoxy groups -OCH3 is 1. The van der Waals surface area contributed by atoms with Crippen LogP contribution in [0.2, 0.25) is 0 Å². The molecule has 1 heterocycles. The van der Waals surface area contributed by atoms with Crippen molar-refractivity contribution >= 4 is 27.3 Å². The van der Waals surface area contributed by atoms with Crippen molar-refractivity contribution < 1.29 is 22.3 Å². The molecule has 0 spiro atoms. The molecule has 0 aromatic heterocycles. The number of hydrogen-bond donors (Lipinski definition) is 0. The van der Waals surface area contributed by atoms with Crippen molar-refractivity contribution in [2.45, 2.75) is 11.8 Å². The molecule has 1 saturated heterocycles. The van der Waals surface area contributed by atoms with E-state index < -0.39 is 15.8 Å². The first-order valence-electron chi connectivity index (χ1n) is 11.3. The minimum atomic E-state index is -4.09. The first-order chi connectivity index (χ1) is 16.8. The summed E-state index contributed by atoms with van der Waals surface area (Å²) >= 11 is 0. The van der Waals surface area contributed by atoms with Crippen molar-refractivity contribution in [2.75, 3.05) is 49.0 Å². The maximum Gasteiger partial charge on any atom is 0.264 e. The van der Waals surface area contributed by atoms with Gasteiger partial charge < -0.3 is 14.5 Å². The van der Waals surface area contributed by atoms with Crippen molar-refractivity contribution in [3.05, 3.63) is 84.2 Å². The number of anilines is 2. The number of carbonyl (C=O) groups excluding carboxylic acids is 1. The molecule has 0 unspecified atom stereocenters. The lowest BCUT2D eigenvalue weighted by Crippen LogP contribution is -2.52. The fraction of sp³-hybridized carbons (Fsp3) is 0.269. The van der Waals surface area contributed by atoms with E-state index in [1.54, 1.807) is 36.3 Å². The van der Waals surface area contributed by atoms with Crippen LogP contribution in [0.25, 0.3) is 0 Å². The number of nitrogens with zero attached hydrogens (tertiary/aromatic N) is 3. The van der Waals surface area contributed by atoms with Gasteiger partial charge in [0.15, 0.2) is 0 Å². The summed E-state index contributed by atoms with van der Waals surface area (Å²) in [4.78, 5) is 17.0. The smallest absolute Gasteiger partial charge is 0.264 e. The van der Waals surface area contributed by atoms with Gasteiger partial charge in [0.05, 0.1) is 23.4 Å². The second-order valence-electron chi connectivity index (χ2n) is 8.34. The Labute approximate surface area is 205 Å². The van der Waals surface area contributed by atoms with E-state index in [1.165, 1.54) is 12.1 Å². The number of piperazine rings is 1. The third kappa shape index (κ3) is 5.40. The summed E-state index contributed by atoms with van der Waals surface area (Å²) in [6.07, 6.45) is 0. The average Bonchev–Trinajstić information content (AvgIpc) is 2.88. The van der Waals surface area contributed by atoms with Crippen LogP contribution in [-0.2, 0) is 14.8 Å². The molecule has 3 aromatic carbocycles. The second kappa shape index (κ2) is 10.4. The largest absolute Gasteiger partial charge is 0.495 e. The first kappa shape index (κ1) is 24.5. The molecule has 1 amide bonds. The molecule has 9 heteroatoms. The Bertz CT molecular complexity index is 1270. The number of benzene rings is 3. The summed E-state index contributed by atoms with van der Waals surface area (Å²) in [6, 6.07) is 19.3. The maximum absolute atomic E-state index is 13.5. The van der Waals surface area contributed by atoms with Crippen LogP contribution >= 0.6 is 0 Å². The van der Waals surface area contributed by atoms with E-state index >= 15 is 0 Å². The summed E-state index contributed by atoms with van der Waals surface area (Å²) in [5, 5.41) is 0. The van der Waals surface area contributed by atoms with Crippen LogP contribution in [-0.4, -0.2) is 59.1 Å². The standard InChI is InChI=1S/C26H28FN3O4S/c1-20-7-11-22(12-8-20)30(35(32,33)23-13-9-21(27)10-14-23)19-26(31)29-17-15-28(16-18-29)24-5-3-4-6-25(24)34-2/h3-14H,15-19H2,1-2H3. The molecule has 35 heavy (non-hydrogen) atoms. The van der Waals surface area contributed by atoms with Gasteiger partial charge in [0.25, 0.3) is 10.0 Å². The van der Waals surface area contributed by atoms with Gasteiger partial charge in [0.2, 0.25) is 5.91 Å². The average molecular weight is 498 g/mol. The van der Waals surface area contributed by atoms with E-state index in [0.29, 0.717) is 31.9 Å². The predicted molar refractivity (Wildman–Crippen MR) is 134 cm³/mol. The highest BCUT2D eigenvalue weighted by atomic mass is 32.2. The first-order valence-corrected chi connectivity index (χ1v) is 12.7. The van der Waals surface area contributed by atoms with Crippen molar-refractivity contribution in [3.8, 4) is 5.75 Å². The van der Waals surface area contributed by atoms with E-state index in [4.69, 9.17) is 4.74 Å². The molecule has 0 saturated carbocycles. The maximum atomic E-state index is 13.5. The van der Waals surface area contributed by atoms with Gasteiger partial charge in [-0.25, -0.2) is 12.8 Å². The molecular formula is C26H28FN3O4S. The van der Waals surface area contributed by atoms with E-state index in [2.05, 4.69) is 4.90 Å². The third-order valence-corrected chi connectivity index (χ3v) is 7.85. The zero-order chi connectivity index (χ0) is 25.0. The van der Waals surface area contributed by atoms with Crippen LogP contribution in [0.15, 0.2) is 77.7 Å². The van der Waals surface area contributed by atoms with Crippen LogP contribution in [0.5, 0.6) is 5.75 Å². The SMILES string of the molecule is COc1ccccc1N1CCN(C(=O)CN(c2ccc(C)cc2)S(=O)(=O)c2ccc(F)cc2)CC1. The summed E-state index contributed by atoms with van der Waals surface area (Å²) in [7, 11) is -2.46. The molecule has 0 radical (unpaired) electrons. The highest BCUT2D eigenvalue weighted by Gasteiger charge is 2.30. The van der Waals surface area contributed by atoms with E-state index in [9.17, 15) is 17.6 Å². The number of para-hydroxylation sites is 2. The van der Waals surface area contributed by atoms with Gasteiger partial charge in [-0.2, -0.15) is 0 Å². The van der Waals surface area contributed by atoms with E-state index in [-0.39, 0.29) is 17.3 Å². The number of rotatable bonds is 7. The molecule has 184 valence electrons. The normalized spacial score (nSPS) is 14.0. The molecule has 1 fully saturated rings. The number of ether oxygens (including phenoxy) is 1. The molecule has 0 bridgehead atoms. The molecule has 3 aromatic rings. The second-order valence-corrected chi connectivity index (χ2v) is 10.2. The molecule has 0 atom stereocenters. The summed E-state index contributed by atoms with van der Waals surface area (Å²) in [5.74, 6) is -0.0611. The quantitative estimate of drug-likeness (QED) is 0.498. The van der Waals surface area contributed by atoms with Gasteiger partial charge in [0.1, 0.15) is 18.1 Å². The fourth-order valence-electron chi connectivity index (χ4n) is 4.07. The fourth-order valence-corrected chi connectivity index (χ4v) is 5.48. The minimum absolute atomic E-state index is 0.0757. The topological polar surface area (TPSA) is 70.2 Å². The van der Waals surface area contributed by atoms with Crippen molar-refractivity contribution in [2.24, 2.45) is 0 Å². The third-order valence-electron chi connectivity index (χ3n) is 6.06. The van der Waals surface area contributed by atoms with Crippen LogP contribution in [0.3, 0.4) is 0 Å². The summed E-state index contributed by atoms with van der Waals surface area (Å²) < 4.78 is 46.9. The molecule has 0 aliphatic carbocycles. The lowest BCUT2D eigenvalue weighted by Gasteiger charge is -2.37. The van der Waals surface area contributed by atoms with Gasteiger partial charge in [0, 0.05) is 26.2 Å². The van der Waals surface area contributed by atoms with Gasteiger partial charge in [-0.05, 0) is 55.5 Å². The number of sulfonamides is 1.